The fourth-order valence-electron chi connectivity index (χ4n) is 2.37. The first-order valence-corrected chi connectivity index (χ1v) is 9.28. The summed E-state index contributed by atoms with van der Waals surface area (Å²) in [6.45, 7) is 1.87. The minimum atomic E-state index is -3.69. The molecule has 0 aliphatic heterocycles. The van der Waals surface area contributed by atoms with Gasteiger partial charge in [-0.3, -0.25) is 4.72 Å². The van der Waals surface area contributed by atoms with Crippen LogP contribution in [0.1, 0.15) is 17.7 Å². The number of pyridine rings is 1. The Balaban J connectivity index is 1.81. The van der Waals surface area contributed by atoms with Gasteiger partial charge in [0, 0.05) is 11.3 Å². The van der Waals surface area contributed by atoms with Gasteiger partial charge in [-0.25, -0.2) is 22.2 Å². The molecule has 4 nitrogen and oxygen atoms in total. The third-order valence-corrected chi connectivity index (χ3v) is 5.16. The Kier molecular flexibility index (Phi) is 4.99. The van der Waals surface area contributed by atoms with Crippen molar-refractivity contribution < 1.29 is 17.2 Å². The number of hydrogen-bond acceptors (Lipinski definition) is 3. The number of rotatable bonds is 5. The number of alkyl halides is 2. The summed E-state index contributed by atoms with van der Waals surface area (Å²) in [6.07, 6.45) is -2.64. The molecule has 1 N–H and O–H groups in total. The van der Waals surface area contributed by atoms with Gasteiger partial charge in [0.2, 0.25) is 0 Å². The van der Waals surface area contributed by atoms with Crippen LogP contribution in [0.15, 0.2) is 71.6 Å². The molecule has 26 heavy (non-hydrogen) atoms. The molecule has 0 atom stereocenters. The summed E-state index contributed by atoms with van der Waals surface area (Å²) in [5.74, 6) is 0. The lowest BCUT2D eigenvalue weighted by Gasteiger charge is -2.09. The highest BCUT2D eigenvalue weighted by molar-refractivity contribution is 7.92. The van der Waals surface area contributed by atoms with E-state index in [4.69, 9.17) is 0 Å². The molecule has 7 heteroatoms. The van der Waals surface area contributed by atoms with Gasteiger partial charge in [0.05, 0.1) is 10.6 Å². The van der Waals surface area contributed by atoms with Gasteiger partial charge in [-0.15, -0.1) is 0 Å². The molecule has 2 aromatic carbocycles. The molecule has 3 rings (SSSR count). The van der Waals surface area contributed by atoms with Gasteiger partial charge in [-0.1, -0.05) is 35.9 Å². The maximum absolute atomic E-state index is 12.8. The molecule has 0 spiro atoms. The largest absolute Gasteiger partial charge is 0.280 e. The lowest BCUT2D eigenvalue weighted by molar-refractivity contribution is 0.146. The van der Waals surface area contributed by atoms with E-state index < -0.39 is 16.4 Å². The van der Waals surface area contributed by atoms with E-state index in [0.29, 0.717) is 16.9 Å². The van der Waals surface area contributed by atoms with E-state index in [9.17, 15) is 17.2 Å². The number of nitrogens with zero attached hydrogens (tertiary/aromatic N) is 1. The van der Waals surface area contributed by atoms with E-state index in [2.05, 4.69) is 9.71 Å². The number of aryl methyl sites for hydroxylation is 1. The number of hydrogen-bond donors (Lipinski definition) is 1. The Bertz CT molecular complexity index is 1000. The van der Waals surface area contributed by atoms with Crippen molar-refractivity contribution >= 4 is 15.7 Å². The molecule has 1 aromatic heterocycles. The summed E-state index contributed by atoms with van der Waals surface area (Å²) >= 11 is 0. The molecule has 0 amide bonds. The van der Waals surface area contributed by atoms with Crippen molar-refractivity contribution in [3.63, 3.8) is 0 Å². The number of sulfonamides is 1. The Morgan fingerprint density at radius 1 is 0.923 bits per heavy atom. The predicted octanol–water partition coefficient (Wildman–Crippen LogP) is 4.80. The second-order valence-electron chi connectivity index (χ2n) is 5.74. The fourth-order valence-corrected chi connectivity index (χ4v) is 3.43. The number of aromatic nitrogens is 1. The smallest absolute Gasteiger partial charge is 0.280 e. The maximum Gasteiger partial charge on any atom is 0.280 e. The SMILES string of the molecule is Cc1ccc(S(=O)(=O)Nc2ccc(-c3cccc(C(F)F)n3)cc2)cc1. The molecule has 0 radical (unpaired) electrons. The highest BCUT2D eigenvalue weighted by atomic mass is 32.2. The van der Waals surface area contributed by atoms with E-state index in [0.717, 1.165) is 5.56 Å². The van der Waals surface area contributed by atoms with Gasteiger partial charge in [-0.2, -0.15) is 0 Å². The number of benzene rings is 2. The van der Waals surface area contributed by atoms with Crippen molar-refractivity contribution in [1.29, 1.82) is 0 Å². The van der Waals surface area contributed by atoms with Crippen LogP contribution in [0, 0.1) is 6.92 Å². The normalized spacial score (nSPS) is 11.5. The summed E-state index contributed by atoms with van der Waals surface area (Å²) in [6, 6.07) is 17.3. The number of halogens is 2. The van der Waals surface area contributed by atoms with Crippen LogP contribution < -0.4 is 4.72 Å². The van der Waals surface area contributed by atoms with Crippen molar-refractivity contribution in [2.75, 3.05) is 4.72 Å². The van der Waals surface area contributed by atoms with Crippen molar-refractivity contribution in [2.45, 2.75) is 18.2 Å². The average molecular weight is 374 g/mol. The number of nitrogens with one attached hydrogen (secondary N) is 1. The van der Waals surface area contributed by atoms with Crippen LogP contribution in [0.2, 0.25) is 0 Å². The van der Waals surface area contributed by atoms with Crippen LogP contribution in [0.3, 0.4) is 0 Å². The first-order valence-electron chi connectivity index (χ1n) is 7.80. The first kappa shape index (κ1) is 18.0. The standard InChI is InChI=1S/C19H16F2N2O2S/c1-13-5-11-16(12-6-13)26(24,25)23-15-9-7-14(8-10-15)17-3-2-4-18(22-17)19(20)21/h2-12,19,23H,1H3. The lowest BCUT2D eigenvalue weighted by Crippen LogP contribution is -2.12. The number of anilines is 1. The highest BCUT2D eigenvalue weighted by Crippen LogP contribution is 2.24. The minimum absolute atomic E-state index is 0.165. The zero-order chi connectivity index (χ0) is 18.7. The molecule has 3 aromatic rings. The van der Waals surface area contributed by atoms with Crippen LogP contribution in [-0.4, -0.2) is 13.4 Å². The molecule has 0 aliphatic rings. The summed E-state index contributed by atoms with van der Waals surface area (Å²) in [5, 5.41) is 0. The minimum Gasteiger partial charge on any atom is -0.280 e. The van der Waals surface area contributed by atoms with Crippen molar-refractivity contribution in [3.8, 4) is 11.3 Å². The van der Waals surface area contributed by atoms with Gasteiger partial charge < -0.3 is 0 Å². The third-order valence-electron chi connectivity index (χ3n) is 3.76. The molecule has 134 valence electrons. The van der Waals surface area contributed by atoms with E-state index in [1.165, 1.54) is 24.3 Å². The highest BCUT2D eigenvalue weighted by Gasteiger charge is 2.14. The first-order chi connectivity index (χ1) is 12.3. The van der Waals surface area contributed by atoms with Gasteiger partial charge in [-0.05, 0) is 43.3 Å². The Morgan fingerprint density at radius 3 is 2.19 bits per heavy atom. The van der Waals surface area contributed by atoms with E-state index in [1.807, 2.05) is 6.92 Å². The van der Waals surface area contributed by atoms with Gasteiger partial charge in [0.25, 0.3) is 16.4 Å². The molecule has 0 aliphatic carbocycles. The van der Waals surface area contributed by atoms with Gasteiger partial charge >= 0.3 is 0 Å². The monoisotopic (exact) mass is 374 g/mol. The molecule has 1 heterocycles. The van der Waals surface area contributed by atoms with Crippen molar-refractivity contribution in [3.05, 3.63) is 78.0 Å². The van der Waals surface area contributed by atoms with Crippen LogP contribution in [0.25, 0.3) is 11.3 Å². The van der Waals surface area contributed by atoms with E-state index >= 15 is 0 Å². The summed E-state index contributed by atoms with van der Waals surface area (Å²) in [7, 11) is -3.69. The van der Waals surface area contributed by atoms with Crippen molar-refractivity contribution in [2.24, 2.45) is 0 Å². The topological polar surface area (TPSA) is 59.1 Å². The van der Waals surface area contributed by atoms with Crippen LogP contribution in [0.5, 0.6) is 0 Å². The Hall–Kier alpha value is -2.80. The maximum atomic E-state index is 12.8. The van der Waals surface area contributed by atoms with Gasteiger partial charge in [0.15, 0.2) is 0 Å². The average Bonchev–Trinajstić information content (AvgIpc) is 2.62. The van der Waals surface area contributed by atoms with Crippen LogP contribution in [0.4, 0.5) is 14.5 Å². The zero-order valence-corrected chi connectivity index (χ0v) is 14.7. The van der Waals surface area contributed by atoms with Crippen LogP contribution in [-0.2, 0) is 10.0 Å². The van der Waals surface area contributed by atoms with Gasteiger partial charge in [0.1, 0.15) is 5.69 Å². The molecule has 0 bridgehead atoms. The lowest BCUT2D eigenvalue weighted by atomic mass is 10.1. The quantitative estimate of drug-likeness (QED) is 0.698. The Morgan fingerprint density at radius 2 is 1.58 bits per heavy atom. The Labute approximate surface area is 150 Å². The van der Waals surface area contributed by atoms with Crippen LogP contribution >= 0.6 is 0 Å². The molecule has 0 fully saturated rings. The summed E-state index contributed by atoms with van der Waals surface area (Å²) in [5.41, 5.74) is 2.05. The second-order valence-corrected chi connectivity index (χ2v) is 7.43. The second kappa shape index (κ2) is 7.21. The van der Waals surface area contributed by atoms with E-state index in [-0.39, 0.29) is 10.6 Å². The summed E-state index contributed by atoms with van der Waals surface area (Å²) in [4.78, 5) is 4.08. The molecular formula is C19H16F2N2O2S. The molecule has 0 saturated heterocycles. The summed E-state index contributed by atoms with van der Waals surface area (Å²) < 4.78 is 52.8. The van der Waals surface area contributed by atoms with E-state index in [1.54, 1.807) is 42.5 Å². The predicted molar refractivity (Wildman–Crippen MR) is 96.6 cm³/mol. The molecular weight excluding hydrogens is 358 g/mol. The molecule has 0 saturated carbocycles. The van der Waals surface area contributed by atoms with Crippen molar-refractivity contribution in [1.82, 2.24) is 4.98 Å². The fraction of sp³-hybridized carbons (Fsp3) is 0.105. The molecule has 0 unspecified atom stereocenters. The zero-order valence-electron chi connectivity index (χ0n) is 13.9. The third kappa shape index (κ3) is 4.05.